The van der Waals surface area contributed by atoms with Crippen LogP contribution in [-0.2, 0) is 9.47 Å². The molecule has 74 valence electrons. The molecule has 2 bridgehead atoms. The largest absolute Gasteiger partial charge is 0.345 e. The highest BCUT2D eigenvalue weighted by Gasteiger charge is 2.42. The zero-order valence-electron chi connectivity index (χ0n) is 8.67. The normalized spacial score (nSPS) is 44.0. The summed E-state index contributed by atoms with van der Waals surface area (Å²) in [5.41, 5.74) is -0.134. The van der Waals surface area contributed by atoms with Crippen LogP contribution >= 0.6 is 0 Å². The van der Waals surface area contributed by atoms with Gasteiger partial charge in [0.1, 0.15) is 6.79 Å². The summed E-state index contributed by atoms with van der Waals surface area (Å²) in [5.74, 6) is 0.523. The van der Waals surface area contributed by atoms with Crippen molar-refractivity contribution in [3.05, 3.63) is 12.2 Å². The molecule has 3 aliphatic rings. The maximum absolute atomic E-state index is 5.80. The molecular weight excluding hydrogens is 164 g/mol. The summed E-state index contributed by atoms with van der Waals surface area (Å²) in [7, 11) is 0. The summed E-state index contributed by atoms with van der Waals surface area (Å²) >= 11 is 0. The van der Waals surface area contributed by atoms with Gasteiger partial charge in [-0.25, -0.2) is 0 Å². The molecule has 1 saturated heterocycles. The molecule has 0 saturated carbocycles. The van der Waals surface area contributed by atoms with Gasteiger partial charge in [-0.05, 0) is 25.7 Å². The highest BCUT2D eigenvalue weighted by molar-refractivity contribution is 5.16. The molecule has 1 fully saturated rings. The van der Waals surface area contributed by atoms with E-state index in [1.54, 1.807) is 0 Å². The number of hydrogen-bond acceptors (Lipinski definition) is 2. The second kappa shape index (κ2) is 2.82. The van der Waals surface area contributed by atoms with Crippen LogP contribution in [0.4, 0.5) is 0 Å². The van der Waals surface area contributed by atoms with Crippen molar-refractivity contribution < 1.29 is 9.47 Å². The van der Waals surface area contributed by atoms with E-state index in [9.17, 15) is 0 Å². The lowest BCUT2D eigenvalue weighted by atomic mass is 9.77. The average Bonchev–Trinajstić information content (AvgIpc) is 2.34. The second-order valence-corrected chi connectivity index (χ2v) is 4.66. The highest BCUT2D eigenvalue weighted by Crippen LogP contribution is 2.41. The Bertz CT molecular complexity index is 234. The van der Waals surface area contributed by atoms with Gasteiger partial charge in [0, 0.05) is 0 Å². The Morgan fingerprint density at radius 1 is 1.15 bits per heavy atom. The molecule has 0 N–H and O–H groups in total. The molecule has 1 aliphatic carbocycles. The number of hydrogen-bond donors (Lipinski definition) is 0. The number of fused-ring (bicyclic) bond motifs is 3. The van der Waals surface area contributed by atoms with Gasteiger partial charge in [0.2, 0.25) is 0 Å². The molecule has 0 aromatic heterocycles. The molecule has 2 atom stereocenters. The van der Waals surface area contributed by atoms with Crippen LogP contribution in [0.5, 0.6) is 0 Å². The Morgan fingerprint density at radius 3 is 2.46 bits per heavy atom. The van der Waals surface area contributed by atoms with Crippen molar-refractivity contribution in [2.45, 2.75) is 44.8 Å². The van der Waals surface area contributed by atoms with Gasteiger partial charge in [0.05, 0.1) is 11.2 Å². The van der Waals surface area contributed by atoms with Crippen LogP contribution in [0.1, 0.15) is 33.6 Å². The Morgan fingerprint density at radius 2 is 1.92 bits per heavy atom. The Kier molecular flexibility index (Phi) is 2.00. The van der Waals surface area contributed by atoms with Gasteiger partial charge < -0.3 is 9.47 Å². The smallest absolute Gasteiger partial charge is 0.149 e. The molecule has 0 radical (unpaired) electrons. The van der Waals surface area contributed by atoms with Crippen molar-refractivity contribution in [1.29, 1.82) is 0 Å². The summed E-state index contributed by atoms with van der Waals surface area (Å²) < 4.78 is 11.4. The molecule has 3 rings (SSSR count). The van der Waals surface area contributed by atoms with Gasteiger partial charge in [0.15, 0.2) is 0 Å². The molecule has 2 heterocycles. The fraction of sp³-hybridized carbons (Fsp3) is 0.818. The third-order valence-corrected chi connectivity index (χ3v) is 3.42. The predicted molar refractivity (Wildman–Crippen MR) is 51.4 cm³/mol. The molecule has 13 heavy (non-hydrogen) atoms. The molecule has 2 unspecified atom stereocenters. The first-order valence-corrected chi connectivity index (χ1v) is 5.05. The van der Waals surface area contributed by atoms with Crippen LogP contribution in [0.3, 0.4) is 0 Å². The topological polar surface area (TPSA) is 18.5 Å². The number of rotatable bonds is 1. The molecule has 0 amide bonds. The van der Waals surface area contributed by atoms with Crippen LogP contribution in [0, 0.1) is 5.92 Å². The first-order chi connectivity index (χ1) is 6.06. The monoisotopic (exact) mass is 182 g/mol. The van der Waals surface area contributed by atoms with Crippen molar-refractivity contribution in [2.24, 2.45) is 5.92 Å². The van der Waals surface area contributed by atoms with Gasteiger partial charge in [-0.15, -0.1) is 0 Å². The lowest BCUT2D eigenvalue weighted by Gasteiger charge is -2.36. The lowest BCUT2D eigenvalue weighted by Crippen LogP contribution is -2.38. The minimum atomic E-state index is -0.0745. The van der Waals surface area contributed by atoms with E-state index in [2.05, 4.69) is 32.9 Å². The zero-order valence-corrected chi connectivity index (χ0v) is 8.67. The Hall–Kier alpha value is -0.340. The van der Waals surface area contributed by atoms with E-state index in [1.165, 1.54) is 0 Å². The standard InChI is InChI=1S/C11H18O2/c1-9(2)11-6-4-10(3,5-7-11)12-8-13-11/h4,6,9H,5,7-8H2,1-3H3. The Balaban J connectivity index is 2.30. The fourth-order valence-corrected chi connectivity index (χ4v) is 2.09. The van der Waals surface area contributed by atoms with Gasteiger partial charge in [-0.3, -0.25) is 0 Å². The molecule has 0 spiro atoms. The van der Waals surface area contributed by atoms with Gasteiger partial charge in [-0.2, -0.15) is 0 Å². The summed E-state index contributed by atoms with van der Waals surface area (Å²) in [6.07, 6.45) is 6.52. The van der Waals surface area contributed by atoms with Crippen LogP contribution in [0.15, 0.2) is 12.2 Å². The molecule has 2 nitrogen and oxygen atoms in total. The van der Waals surface area contributed by atoms with Gasteiger partial charge >= 0.3 is 0 Å². The van der Waals surface area contributed by atoms with Crippen LogP contribution < -0.4 is 0 Å². The van der Waals surface area contributed by atoms with Crippen LogP contribution in [0.25, 0.3) is 0 Å². The fourth-order valence-electron chi connectivity index (χ4n) is 2.09. The first kappa shape index (κ1) is 9.22. The maximum atomic E-state index is 5.80. The van der Waals surface area contributed by atoms with Crippen molar-refractivity contribution in [3.8, 4) is 0 Å². The highest BCUT2D eigenvalue weighted by atomic mass is 16.7. The minimum Gasteiger partial charge on any atom is -0.345 e. The van der Waals surface area contributed by atoms with Crippen LogP contribution in [-0.4, -0.2) is 18.0 Å². The second-order valence-electron chi connectivity index (χ2n) is 4.66. The molecular formula is C11H18O2. The zero-order chi connectivity index (χ0) is 9.53. The Labute approximate surface area is 79.9 Å². The summed E-state index contributed by atoms with van der Waals surface area (Å²) in [6.45, 7) is 6.97. The third-order valence-electron chi connectivity index (χ3n) is 3.42. The summed E-state index contributed by atoms with van der Waals surface area (Å²) in [5, 5.41) is 0. The van der Waals surface area contributed by atoms with E-state index >= 15 is 0 Å². The van der Waals surface area contributed by atoms with Gasteiger partial charge in [-0.1, -0.05) is 26.0 Å². The lowest BCUT2D eigenvalue weighted by molar-refractivity contribution is -0.136. The number of ether oxygens (including phenoxy) is 2. The quantitative estimate of drug-likeness (QED) is 0.580. The maximum Gasteiger partial charge on any atom is 0.149 e. The van der Waals surface area contributed by atoms with E-state index in [1.807, 2.05) is 0 Å². The van der Waals surface area contributed by atoms with E-state index in [-0.39, 0.29) is 11.2 Å². The molecule has 2 heteroatoms. The van der Waals surface area contributed by atoms with Gasteiger partial charge in [0.25, 0.3) is 0 Å². The first-order valence-electron chi connectivity index (χ1n) is 5.05. The average molecular weight is 182 g/mol. The molecule has 0 aromatic rings. The van der Waals surface area contributed by atoms with Crippen molar-refractivity contribution in [1.82, 2.24) is 0 Å². The predicted octanol–water partition coefficient (Wildman–Crippen LogP) is 2.49. The third kappa shape index (κ3) is 1.42. The van der Waals surface area contributed by atoms with Crippen molar-refractivity contribution in [3.63, 3.8) is 0 Å². The van der Waals surface area contributed by atoms with E-state index in [0.717, 1.165) is 12.8 Å². The van der Waals surface area contributed by atoms with E-state index < -0.39 is 0 Å². The SMILES string of the molecule is CC(C)C12C=CC(C)(CC1)OCO2. The van der Waals surface area contributed by atoms with E-state index in [4.69, 9.17) is 9.47 Å². The van der Waals surface area contributed by atoms with Crippen molar-refractivity contribution >= 4 is 0 Å². The van der Waals surface area contributed by atoms with Crippen LogP contribution in [0.2, 0.25) is 0 Å². The minimum absolute atomic E-state index is 0.0595. The van der Waals surface area contributed by atoms with Crippen molar-refractivity contribution in [2.75, 3.05) is 6.79 Å². The summed E-state index contributed by atoms with van der Waals surface area (Å²) in [6, 6.07) is 0. The summed E-state index contributed by atoms with van der Waals surface area (Å²) in [4.78, 5) is 0. The van der Waals surface area contributed by atoms with E-state index in [0.29, 0.717) is 12.7 Å². The molecule has 0 aromatic carbocycles. The molecule has 2 aliphatic heterocycles.